The molecule has 2 N–H and O–H groups in total. The van der Waals surface area contributed by atoms with Gasteiger partial charge in [0.2, 0.25) is 0 Å². The van der Waals surface area contributed by atoms with E-state index in [4.69, 9.17) is 5.73 Å². The van der Waals surface area contributed by atoms with E-state index in [1.165, 1.54) is 0 Å². The number of nitrogens with two attached hydrogens (primary N) is 1. The van der Waals surface area contributed by atoms with Crippen LogP contribution in [0.15, 0.2) is 12.5 Å². The molecule has 1 aromatic heterocycles. The van der Waals surface area contributed by atoms with E-state index in [0.717, 1.165) is 0 Å². The largest absolute Gasteiger partial charge is 0.548 e. The van der Waals surface area contributed by atoms with Crippen LogP contribution in [0.3, 0.4) is 0 Å². The van der Waals surface area contributed by atoms with Crippen LogP contribution in [0.5, 0.6) is 0 Å². The lowest BCUT2D eigenvalue weighted by Crippen LogP contribution is -2.43. The smallest absolute Gasteiger partial charge is 0.0946 e. The molecule has 1 atom stereocenters. The number of imidazole rings is 1. The molecule has 0 aliphatic heterocycles. The summed E-state index contributed by atoms with van der Waals surface area (Å²) < 4.78 is 1.73. The Morgan fingerprint density at radius 1 is 1.92 bits per heavy atom. The highest BCUT2D eigenvalue weighted by molar-refractivity contribution is 5.71. The standard InChI is InChI=1S/C7H11N3O2/c1-10-3-5(9-4-10)2-6(8)7(11)12/h3-4,6H,2,8H2,1H3,(H,11,12)/p-1. The second-order valence-corrected chi connectivity index (χ2v) is 2.66. The molecule has 0 aromatic carbocycles. The molecule has 12 heavy (non-hydrogen) atoms. The van der Waals surface area contributed by atoms with E-state index in [9.17, 15) is 9.90 Å². The molecule has 1 heterocycles. The van der Waals surface area contributed by atoms with Gasteiger partial charge in [-0.15, -0.1) is 0 Å². The van der Waals surface area contributed by atoms with Crippen LogP contribution in [0.2, 0.25) is 0 Å². The lowest BCUT2D eigenvalue weighted by Gasteiger charge is -2.09. The number of aliphatic carboxylic acids is 1. The maximum absolute atomic E-state index is 10.2. The van der Waals surface area contributed by atoms with Gasteiger partial charge in [0.1, 0.15) is 0 Å². The minimum atomic E-state index is -1.25. The lowest BCUT2D eigenvalue weighted by atomic mass is 10.2. The number of carboxylic acids is 1. The average molecular weight is 168 g/mol. The highest BCUT2D eigenvalue weighted by atomic mass is 16.4. The molecule has 0 amide bonds. The summed E-state index contributed by atoms with van der Waals surface area (Å²) >= 11 is 0. The Balaban J connectivity index is 2.58. The number of rotatable bonds is 3. The minimum absolute atomic E-state index is 0.211. The van der Waals surface area contributed by atoms with Crippen LogP contribution in [0.25, 0.3) is 0 Å². The molecular formula is C7H10N3O2-. The van der Waals surface area contributed by atoms with E-state index in [2.05, 4.69) is 4.98 Å². The van der Waals surface area contributed by atoms with Crippen LogP contribution < -0.4 is 10.8 Å². The molecule has 0 aliphatic carbocycles. The van der Waals surface area contributed by atoms with Crippen LogP contribution in [0.1, 0.15) is 5.69 Å². The van der Waals surface area contributed by atoms with Crippen molar-refractivity contribution in [2.75, 3.05) is 0 Å². The van der Waals surface area contributed by atoms with Crippen molar-refractivity contribution < 1.29 is 9.90 Å². The van der Waals surface area contributed by atoms with Gasteiger partial charge in [0.15, 0.2) is 0 Å². The van der Waals surface area contributed by atoms with Crippen molar-refractivity contribution in [3.05, 3.63) is 18.2 Å². The third-order valence-electron chi connectivity index (χ3n) is 1.49. The summed E-state index contributed by atoms with van der Waals surface area (Å²) in [6.45, 7) is 0. The monoisotopic (exact) mass is 168 g/mol. The lowest BCUT2D eigenvalue weighted by molar-refractivity contribution is -0.307. The average Bonchev–Trinajstić information content (AvgIpc) is 2.35. The van der Waals surface area contributed by atoms with Gasteiger partial charge in [0, 0.05) is 25.7 Å². The quantitative estimate of drug-likeness (QED) is 0.568. The van der Waals surface area contributed by atoms with E-state index in [1.807, 2.05) is 0 Å². The molecule has 0 aliphatic rings. The third kappa shape index (κ3) is 2.06. The molecule has 1 aromatic rings. The molecule has 0 spiro atoms. The Morgan fingerprint density at radius 3 is 3.00 bits per heavy atom. The zero-order chi connectivity index (χ0) is 9.14. The fourth-order valence-electron chi connectivity index (χ4n) is 0.881. The van der Waals surface area contributed by atoms with Gasteiger partial charge in [-0.2, -0.15) is 0 Å². The molecule has 1 rings (SSSR count). The topological polar surface area (TPSA) is 84.0 Å². The van der Waals surface area contributed by atoms with Crippen molar-refractivity contribution in [2.24, 2.45) is 12.8 Å². The first-order valence-electron chi connectivity index (χ1n) is 3.53. The van der Waals surface area contributed by atoms with Crippen molar-refractivity contribution in [3.8, 4) is 0 Å². The Bertz CT molecular complexity index is 282. The molecule has 0 fully saturated rings. The summed E-state index contributed by atoms with van der Waals surface area (Å²) in [7, 11) is 1.81. The maximum Gasteiger partial charge on any atom is 0.0946 e. The molecular weight excluding hydrogens is 158 g/mol. The number of carboxylic acid groups (broad SMARTS) is 1. The summed E-state index contributed by atoms with van der Waals surface area (Å²) in [4.78, 5) is 14.2. The molecule has 5 nitrogen and oxygen atoms in total. The molecule has 0 saturated carbocycles. The van der Waals surface area contributed by atoms with E-state index in [1.54, 1.807) is 24.1 Å². The van der Waals surface area contributed by atoms with Gasteiger partial charge in [-0.3, -0.25) is 0 Å². The highest BCUT2D eigenvalue weighted by Crippen LogP contribution is 1.97. The SMILES string of the molecule is Cn1cnc(CC(N)C(=O)[O-])c1. The first kappa shape index (κ1) is 8.73. The van der Waals surface area contributed by atoms with Crippen molar-refractivity contribution in [3.63, 3.8) is 0 Å². The molecule has 0 radical (unpaired) electrons. The molecule has 5 heteroatoms. The molecule has 0 bridgehead atoms. The predicted molar refractivity (Wildman–Crippen MR) is 39.9 cm³/mol. The van der Waals surface area contributed by atoms with Gasteiger partial charge in [0.25, 0.3) is 0 Å². The van der Waals surface area contributed by atoms with Crippen molar-refractivity contribution in [1.29, 1.82) is 0 Å². The minimum Gasteiger partial charge on any atom is -0.548 e. The number of aromatic nitrogens is 2. The van der Waals surface area contributed by atoms with Crippen LogP contribution in [0, 0.1) is 0 Å². The fourth-order valence-corrected chi connectivity index (χ4v) is 0.881. The Morgan fingerprint density at radius 2 is 2.58 bits per heavy atom. The van der Waals surface area contributed by atoms with Gasteiger partial charge in [-0.05, 0) is 0 Å². The number of aryl methyl sites for hydroxylation is 1. The molecule has 0 saturated heterocycles. The number of carbonyl (C=O) groups excluding carboxylic acids is 1. The highest BCUT2D eigenvalue weighted by Gasteiger charge is 2.06. The first-order chi connectivity index (χ1) is 5.59. The van der Waals surface area contributed by atoms with Gasteiger partial charge in [-0.1, -0.05) is 0 Å². The van der Waals surface area contributed by atoms with E-state index in [0.29, 0.717) is 5.69 Å². The Labute approximate surface area is 69.8 Å². The van der Waals surface area contributed by atoms with E-state index in [-0.39, 0.29) is 6.42 Å². The molecule has 1 unspecified atom stereocenters. The van der Waals surface area contributed by atoms with Gasteiger partial charge < -0.3 is 20.2 Å². The van der Waals surface area contributed by atoms with E-state index >= 15 is 0 Å². The number of hydrogen-bond donors (Lipinski definition) is 1. The van der Waals surface area contributed by atoms with Crippen molar-refractivity contribution >= 4 is 5.97 Å². The first-order valence-corrected chi connectivity index (χ1v) is 3.53. The summed E-state index contributed by atoms with van der Waals surface area (Å²) in [6, 6.07) is -0.972. The maximum atomic E-state index is 10.2. The van der Waals surface area contributed by atoms with Crippen LogP contribution in [-0.4, -0.2) is 21.6 Å². The predicted octanol–water partition coefficient (Wildman–Crippen LogP) is -1.96. The third-order valence-corrected chi connectivity index (χ3v) is 1.49. The second-order valence-electron chi connectivity index (χ2n) is 2.66. The Hall–Kier alpha value is -1.36. The Kier molecular flexibility index (Phi) is 2.44. The van der Waals surface area contributed by atoms with Crippen molar-refractivity contribution in [2.45, 2.75) is 12.5 Å². The zero-order valence-electron chi connectivity index (χ0n) is 6.73. The summed E-state index contributed by atoms with van der Waals surface area (Å²) in [5, 5.41) is 10.2. The van der Waals surface area contributed by atoms with Crippen molar-refractivity contribution in [1.82, 2.24) is 9.55 Å². The zero-order valence-corrected chi connectivity index (χ0v) is 6.73. The summed E-state index contributed by atoms with van der Waals surface area (Å²) in [5.41, 5.74) is 5.91. The summed E-state index contributed by atoms with van der Waals surface area (Å²) in [6.07, 6.45) is 3.53. The normalized spacial score (nSPS) is 12.8. The van der Waals surface area contributed by atoms with Gasteiger partial charge in [-0.25, -0.2) is 4.98 Å². The number of hydrogen-bond acceptors (Lipinski definition) is 4. The van der Waals surface area contributed by atoms with Crippen LogP contribution in [-0.2, 0) is 18.3 Å². The number of carbonyl (C=O) groups is 1. The fraction of sp³-hybridized carbons (Fsp3) is 0.429. The van der Waals surface area contributed by atoms with Gasteiger partial charge in [0.05, 0.1) is 18.0 Å². The van der Waals surface area contributed by atoms with E-state index < -0.39 is 12.0 Å². The summed E-state index contributed by atoms with van der Waals surface area (Å²) in [5.74, 6) is -1.25. The van der Waals surface area contributed by atoms with Gasteiger partial charge >= 0.3 is 0 Å². The second kappa shape index (κ2) is 3.36. The number of nitrogens with zero attached hydrogens (tertiary/aromatic N) is 2. The van der Waals surface area contributed by atoms with Crippen LogP contribution >= 0.6 is 0 Å². The van der Waals surface area contributed by atoms with Crippen LogP contribution in [0.4, 0.5) is 0 Å². The molecule has 66 valence electrons.